The molecule has 6 heteroatoms. The molecule has 5 nitrogen and oxygen atoms in total. The van der Waals surface area contributed by atoms with E-state index in [4.69, 9.17) is 26.0 Å². The number of carbonyl (C=O) groups is 1. The molecule has 0 bridgehead atoms. The lowest BCUT2D eigenvalue weighted by atomic mass is 10.2. The SMILES string of the molecule is Cc1oc(NC(=O)C(C)Oc2ccc(Cl)cc2)c(C#N)c1C. The van der Waals surface area contributed by atoms with Crippen molar-refractivity contribution in [3.63, 3.8) is 0 Å². The summed E-state index contributed by atoms with van der Waals surface area (Å²) < 4.78 is 10.9. The number of amides is 1. The Morgan fingerprint density at radius 3 is 2.59 bits per heavy atom. The summed E-state index contributed by atoms with van der Waals surface area (Å²) in [4.78, 5) is 12.1. The molecule has 1 unspecified atom stereocenters. The minimum absolute atomic E-state index is 0.147. The number of hydrogen-bond donors (Lipinski definition) is 1. The summed E-state index contributed by atoms with van der Waals surface area (Å²) in [7, 11) is 0. The number of hydrogen-bond acceptors (Lipinski definition) is 4. The normalized spacial score (nSPS) is 11.6. The van der Waals surface area contributed by atoms with Crippen molar-refractivity contribution in [3.8, 4) is 11.8 Å². The van der Waals surface area contributed by atoms with Crippen LogP contribution in [0.3, 0.4) is 0 Å². The number of carbonyl (C=O) groups excluding carboxylic acids is 1. The van der Waals surface area contributed by atoms with Gasteiger partial charge in [0.2, 0.25) is 5.88 Å². The fourth-order valence-electron chi connectivity index (χ4n) is 1.83. The zero-order valence-electron chi connectivity index (χ0n) is 12.4. The molecule has 1 aromatic heterocycles. The summed E-state index contributed by atoms with van der Waals surface area (Å²) in [5.74, 6) is 0.867. The maximum absolute atomic E-state index is 12.1. The molecule has 0 aliphatic heterocycles. The van der Waals surface area contributed by atoms with E-state index in [1.165, 1.54) is 0 Å². The number of rotatable bonds is 4. The molecule has 2 aromatic rings. The molecule has 1 heterocycles. The summed E-state index contributed by atoms with van der Waals surface area (Å²) in [5.41, 5.74) is 1.04. The molecule has 1 N–H and O–H groups in total. The first-order chi connectivity index (χ1) is 10.4. The van der Waals surface area contributed by atoms with E-state index in [-0.39, 0.29) is 5.88 Å². The van der Waals surface area contributed by atoms with Gasteiger partial charge in [-0.05, 0) is 45.0 Å². The Morgan fingerprint density at radius 1 is 1.36 bits per heavy atom. The van der Waals surface area contributed by atoms with Crippen molar-refractivity contribution in [2.45, 2.75) is 26.9 Å². The first-order valence-electron chi connectivity index (χ1n) is 6.65. The predicted octanol–water partition coefficient (Wildman–Crippen LogP) is 3.83. The van der Waals surface area contributed by atoms with Crippen LogP contribution in [-0.2, 0) is 4.79 Å². The predicted molar refractivity (Wildman–Crippen MR) is 83.1 cm³/mol. The molecule has 0 saturated heterocycles. The molecule has 114 valence electrons. The molecule has 0 fully saturated rings. The average Bonchev–Trinajstić information content (AvgIpc) is 2.75. The molecule has 2 rings (SSSR count). The summed E-state index contributed by atoms with van der Waals surface area (Å²) in [6, 6.07) is 8.72. The van der Waals surface area contributed by atoms with Crippen LogP contribution in [-0.4, -0.2) is 12.0 Å². The monoisotopic (exact) mass is 318 g/mol. The number of nitrogens with one attached hydrogen (secondary N) is 1. The first-order valence-corrected chi connectivity index (χ1v) is 7.03. The highest BCUT2D eigenvalue weighted by molar-refractivity contribution is 6.30. The second kappa shape index (κ2) is 6.54. The number of furan rings is 1. The van der Waals surface area contributed by atoms with E-state index < -0.39 is 12.0 Å². The van der Waals surface area contributed by atoms with Crippen LogP contribution < -0.4 is 10.1 Å². The number of aryl methyl sites for hydroxylation is 1. The van der Waals surface area contributed by atoms with Gasteiger partial charge in [0.1, 0.15) is 23.1 Å². The minimum Gasteiger partial charge on any atom is -0.481 e. The third kappa shape index (κ3) is 3.41. The fraction of sp³-hybridized carbons (Fsp3) is 0.250. The number of anilines is 1. The van der Waals surface area contributed by atoms with Crippen LogP contribution in [0.15, 0.2) is 28.7 Å². The van der Waals surface area contributed by atoms with Gasteiger partial charge in [-0.1, -0.05) is 11.6 Å². The highest BCUT2D eigenvalue weighted by Crippen LogP contribution is 2.25. The van der Waals surface area contributed by atoms with Gasteiger partial charge in [0, 0.05) is 10.6 Å². The smallest absolute Gasteiger partial charge is 0.267 e. The van der Waals surface area contributed by atoms with Crippen LogP contribution in [0, 0.1) is 25.2 Å². The Morgan fingerprint density at radius 2 is 2.00 bits per heavy atom. The van der Waals surface area contributed by atoms with Gasteiger partial charge in [-0.25, -0.2) is 0 Å². The third-order valence-electron chi connectivity index (χ3n) is 3.23. The summed E-state index contributed by atoms with van der Waals surface area (Å²) in [5, 5.41) is 12.3. The number of benzene rings is 1. The van der Waals surface area contributed by atoms with Crippen LogP contribution in [0.25, 0.3) is 0 Å². The van der Waals surface area contributed by atoms with Gasteiger partial charge in [-0.2, -0.15) is 5.26 Å². The van der Waals surface area contributed by atoms with E-state index in [9.17, 15) is 4.79 Å². The van der Waals surface area contributed by atoms with Crippen LogP contribution in [0.1, 0.15) is 23.8 Å². The van der Waals surface area contributed by atoms with Gasteiger partial charge in [-0.15, -0.1) is 0 Å². The van der Waals surface area contributed by atoms with Gasteiger partial charge in [0.25, 0.3) is 5.91 Å². The Balaban J connectivity index is 2.07. The van der Waals surface area contributed by atoms with E-state index in [1.54, 1.807) is 45.0 Å². The second-order valence-electron chi connectivity index (χ2n) is 4.80. The van der Waals surface area contributed by atoms with Gasteiger partial charge < -0.3 is 9.15 Å². The Hall–Kier alpha value is -2.45. The van der Waals surface area contributed by atoms with Gasteiger partial charge in [0.15, 0.2) is 6.10 Å². The number of ether oxygens (including phenoxy) is 1. The largest absolute Gasteiger partial charge is 0.481 e. The van der Waals surface area contributed by atoms with Gasteiger partial charge in [-0.3, -0.25) is 10.1 Å². The minimum atomic E-state index is -0.751. The number of nitriles is 1. The Labute approximate surface area is 133 Å². The zero-order chi connectivity index (χ0) is 16.3. The topological polar surface area (TPSA) is 75.3 Å². The lowest BCUT2D eigenvalue weighted by Gasteiger charge is -2.13. The summed E-state index contributed by atoms with van der Waals surface area (Å²) >= 11 is 5.79. The molecule has 0 saturated carbocycles. The molecule has 1 atom stereocenters. The first kappa shape index (κ1) is 15.9. The highest BCUT2D eigenvalue weighted by Gasteiger charge is 2.21. The highest BCUT2D eigenvalue weighted by atomic mass is 35.5. The van der Waals surface area contributed by atoms with Crippen LogP contribution in [0.2, 0.25) is 5.02 Å². The molecular formula is C16H15ClN2O3. The van der Waals surface area contributed by atoms with E-state index in [1.807, 2.05) is 6.07 Å². The Bertz CT molecular complexity index is 729. The fourth-order valence-corrected chi connectivity index (χ4v) is 1.96. The molecule has 0 spiro atoms. The lowest BCUT2D eigenvalue weighted by Crippen LogP contribution is -2.30. The molecule has 0 aliphatic carbocycles. The van der Waals surface area contributed by atoms with Gasteiger partial charge >= 0.3 is 0 Å². The van der Waals surface area contributed by atoms with E-state index in [0.29, 0.717) is 27.7 Å². The summed E-state index contributed by atoms with van der Waals surface area (Å²) in [6.45, 7) is 5.11. The quantitative estimate of drug-likeness (QED) is 0.929. The van der Waals surface area contributed by atoms with Crippen molar-refractivity contribution in [3.05, 3.63) is 46.2 Å². The van der Waals surface area contributed by atoms with Crippen molar-refractivity contribution in [1.82, 2.24) is 0 Å². The average molecular weight is 319 g/mol. The van der Waals surface area contributed by atoms with Crippen LogP contribution in [0.4, 0.5) is 5.88 Å². The van der Waals surface area contributed by atoms with E-state index in [2.05, 4.69) is 5.32 Å². The third-order valence-corrected chi connectivity index (χ3v) is 3.48. The van der Waals surface area contributed by atoms with Crippen molar-refractivity contribution in [2.75, 3.05) is 5.32 Å². The number of halogens is 1. The van der Waals surface area contributed by atoms with Crippen LogP contribution >= 0.6 is 11.6 Å². The standard InChI is InChI=1S/C16H15ClN2O3/c1-9-10(2)22-16(14(9)8-18)19-15(20)11(3)21-13-6-4-12(17)5-7-13/h4-7,11H,1-3H3,(H,19,20). The van der Waals surface area contributed by atoms with Gasteiger partial charge in [0.05, 0.1) is 0 Å². The van der Waals surface area contributed by atoms with Crippen molar-refractivity contribution < 1.29 is 13.9 Å². The molecule has 22 heavy (non-hydrogen) atoms. The molecule has 0 radical (unpaired) electrons. The van der Waals surface area contributed by atoms with Crippen molar-refractivity contribution in [2.24, 2.45) is 0 Å². The maximum Gasteiger partial charge on any atom is 0.267 e. The van der Waals surface area contributed by atoms with Crippen molar-refractivity contribution in [1.29, 1.82) is 5.26 Å². The zero-order valence-corrected chi connectivity index (χ0v) is 13.2. The lowest BCUT2D eigenvalue weighted by molar-refractivity contribution is -0.122. The van der Waals surface area contributed by atoms with Crippen molar-refractivity contribution >= 4 is 23.4 Å². The number of nitrogens with zero attached hydrogens (tertiary/aromatic N) is 1. The Kier molecular flexibility index (Phi) is 4.74. The van der Waals surface area contributed by atoms with E-state index in [0.717, 1.165) is 0 Å². The van der Waals surface area contributed by atoms with Crippen LogP contribution in [0.5, 0.6) is 5.75 Å². The molecule has 0 aliphatic rings. The second-order valence-corrected chi connectivity index (χ2v) is 5.24. The summed E-state index contributed by atoms with van der Waals surface area (Å²) in [6.07, 6.45) is -0.751. The molecule has 1 aromatic carbocycles. The molecule has 1 amide bonds. The maximum atomic E-state index is 12.1. The van der Waals surface area contributed by atoms with E-state index >= 15 is 0 Å². The molecular weight excluding hydrogens is 304 g/mol.